The predicted molar refractivity (Wildman–Crippen MR) is 150 cm³/mol. The molecule has 0 bridgehead atoms. The largest absolute Gasteiger partial charge is 0.458 e. The van der Waals surface area contributed by atoms with E-state index in [9.17, 15) is 72.2 Å². The van der Waals surface area contributed by atoms with Crippen molar-refractivity contribution in [2.45, 2.75) is 150 Å². The smallest absolute Gasteiger partial charge is 0.441 e. The van der Waals surface area contributed by atoms with Crippen LogP contribution in [0.4, 0.5) is 52.7 Å². The second-order valence-corrected chi connectivity index (χ2v) is 13.9. The number of alkyl halides is 12. The van der Waals surface area contributed by atoms with Gasteiger partial charge in [-0.3, -0.25) is 14.4 Å². The third-order valence-corrected chi connectivity index (χ3v) is 7.86. The zero-order valence-electron chi connectivity index (χ0n) is 29.3. The molecular weight excluding hydrogens is 700 g/mol. The summed E-state index contributed by atoms with van der Waals surface area (Å²) in [4.78, 5) is 35.7. The highest BCUT2D eigenvalue weighted by Crippen LogP contribution is 2.54. The Morgan fingerprint density at radius 2 is 0.939 bits per heavy atom. The molecule has 0 spiro atoms. The van der Waals surface area contributed by atoms with Crippen LogP contribution < -0.4 is 0 Å². The van der Waals surface area contributed by atoms with E-state index in [-0.39, 0.29) is 12.8 Å². The Labute approximate surface area is 277 Å². The monoisotopic (exact) mass is 746 g/mol. The standard InChI is InChI=1S/C16H24F6O4.C14H22F6O3/c1-8-12(4,5)11(24)26-13(6,7)14(15(17,18)19,16(20,21)22)25-10(23)9(2)3;1-6-11(4,5)10(21)23-9(7-8(2)3)12(22,13(15,16)17)14(18,19)20/h9H,8H2,1-7H3;8-9,22H,6-7H2,1-5H3. The molecule has 0 aliphatic rings. The molecular formula is C30H46F12O7. The van der Waals surface area contributed by atoms with E-state index in [2.05, 4.69) is 14.2 Å². The average Bonchev–Trinajstić information content (AvgIpc) is 2.87. The lowest BCUT2D eigenvalue weighted by Gasteiger charge is -2.46. The maximum atomic E-state index is 13.6. The molecule has 0 aliphatic heterocycles. The van der Waals surface area contributed by atoms with Gasteiger partial charge in [0, 0.05) is 0 Å². The van der Waals surface area contributed by atoms with E-state index in [1.165, 1.54) is 48.5 Å². The van der Waals surface area contributed by atoms with Crippen molar-refractivity contribution in [3.63, 3.8) is 0 Å². The molecule has 0 heterocycles. The first-order valence-electron chi connectivity index (χ1n) is 14.9. The molecule has 49 heavy (non-hydrogen) atoms. The Hall–Kier alpha value is -2.47. The Morgan fingerprint density at radius 1 is 0.592 bits per heavy atom. The van der Waals surface area contributed by atoms with Gasteiger partial charge in [0.2, 0.25) is 0 Å². The average molecular weight is 747 g/mol. The van der Waals surface area contributed by atoms with E-state index in [1.54, 1.807) is 6.92 Å². The summed E-state index contributed by atoms with van der Waals surface area (Å²) in [6.07, 6.45) is -27.6. The molecule has 0 saturated carbocycles. The molecule has 0 aromatic rings. The summed E-state index contributed by atoms with van der Waals surface area (Å²) in [6, 6.07) is 0. The number of ether oxygens (including phenoxy) is 3. The molecule has 1 N–H and O–H groups in total. The van der Waals surface area contributed by atoms with Gasteiger partial charge in [0.05, 0.1) is 16.7 Å². The number of aliphatic hydroxyl groups is 1. The fourth-order valence-electron chi connectivity index (χ4n) is 3.63. The zero-order chi connectivity index (χ0) is 40.2. The normalized spacial score (nSPS) is 15.0. The summed E-state index contributed by atoms with van der Waals surface area (Å²) in [5, 5.41) is 9.45. The van der Waals surface area contributed by atoms with Crippen molar-refractivity contribution in [3.05, 3.63) is 0 Å². The summed E-state index contributed by atoms with van der Waals surface area (Å²) in [6.45, 7) is 14.1. The van der Waals surface area contributed by atoms with Crippen molar-refractivity contribution in [2.75, 3.05) is 0 Å². The van der Waals surface area contributed by atoms with Crippen LogP contribution in [-0.4, -0.2) is 70.6 Å². The van der Waals surface area contributed by atoms with Crippen molar-refractivity contribution in [1.82, 2.24) is 0 Å². The quantitative estimate of drug-likeness (QED) is 0.121. The van der Waals surface area contributed by atoms with Crippen LogP contribution in [0.3, 0.4) is 0 Å². The van der Waals surface area contributed by atoms with Crippen LogP contribution in [0, 0.1) is 22.7 Å². The summed E-state index contributed by atoms with van der Waals surface area (Å²) < 4.78 is 173. The first-order chi connectivity index (χ1) is 21.3. The lowest BCUT2D eigenvalue weighted by atomic mass is 9.82. The molecule has 19 heteroatoms. The lowest BCUT2D eigenvalue weighted by Crippen LogP contribution is -2.72. The molecule has 0 rings (SSSR count). The van der Waals surface area contributed by atoms with Gasteiger partial charge >= 0.3 is 48.2 Å². The van der Waals surface area contributed by atoms with E-state index in [1.807, 2.05) is 0 Å². The van der Waals surface area contributed by atoms with Crippen LogP contribution >= 0.6 is 0 Å². The van der Waals surface area contributed by atoms with Gasteiger partial charge in [0.25, 0.3) is 5.60 Å². The zero-order valence-corrected chi connectivity index (χ0v) is 29.3. The summed E-state index contributed by atoms with van der Waals surface area (Å²) in [5.41, 5.74) is -16.0. The van der Waals surface area contributed by atoms with Crippen molar-refractivity contribution >= 4 is 17.9 Å². The second-order valence-electron chi connectivity index (χ2n) is 13.9. The van der Waals surface area contributed by atoms with E-state index in [4.69, 9.17) is 0 Å². The van der Waals surface area contributed by atoms with E-state index >= 15 is 0 Å². The molecule has 0 radical (unpaired) electrons. The van der Waals surface area contributed by atoms with E-state index in [0.717, 1.165) is 13.8 Å². The SMILES string of the molecule is CCC(C)(C)C(=O)OC(C)(C)C(OC(=O)C(C)C)(C(F)(F)F)C(F)(F)F.CCC(C)(C)C(=O)OC(CC(C)C)C(O)(C(F)(F)F)C(F)(F)F. The molecule has 0 aliphatic carbocycles. The van der Waals surface area contributed by atoms with Crippen LogP contribution in [0.2, 0.25) is 0 Å². The minimum Gasteiger partial charge on any atom is -0.458 e. The van der Waals surface area contributed by atoms with E-state index < -0.39 is 94.6 Å². The highest BCUT2D eigenvalue weighted by molar-refractivity contribution is 5.77. The summed E-state index contributed by atoms with van der Waals surface area (Å²) in [7, 11) is 0. The lowest BCUT2D eigenvalue weighted by molar-refractivity contribution is -0.408. The molecule has 0 amide bonds. The number of carbonyl (C=O) groups excluding carboxylic acids is 3. The number of rotatable bonds is 12. The second kappa shape index (κ2) is 15.8. The molecule has 0 fully saturated rings. The molecule has 0 aromatic heterocycles. The van der Waals surface area contributed by atoms with Crippen molar-refractivity contribution in [2.24, 2.45) is 22.7 Å². The molecule has 0 aromatic carbocycles. The fraction of sp³-hybridized carbons (Fsp3) is 0.900. The van der Waals surface area contributed by atoms with Crippen LogP contribution in [0.15, 0.2) is 0 Å². The number of carbonyl (C=O) groups is 3. The summed E-state index contributed by atoms with van der Waals surface area (Å²) in [5.74, 6) is -6.16. The molecule has 1 unspecified atom stereocenters. The summed E-state index contributed by atoms with van der Waals surface area (Å²) >= 11 is 0. The maximum absolute atomic E-state index is 13.6. The fourth-order valence-corrected chi connectivity index (χ4v) is 3.63. The molecule has 1 atom stereocenters. The van der Waals surface area contributed by atoms with Crippen LogP contribution in [0.5, 0.6) is 0 Å². The van der Waals surface area contributed by atoms with Gasteiger partial charge in [-0.25, -0.2) is 0 Å². The first-order valence-corrected chi connectivity index (χ1v) is 14.9. The van der Waals surface area contributed by atoms with Gasteiger partial charge < -0.3 is 19.3 Å². The van der Waals surface area contributed by atoms with Crippen LogP contribution in [0.25, 0.3) is 0 Å². The van der Waals surface area contributed by atoms with Gasteiger partial charge in [-0.1, -0.05) is 41.5 Å². The van der Waals surface area contributed by atoms with Gasteiger partial charge in [-0.15, -0.1) is 0 Å². The highest BCUT2D eigenvalue weighted by atomic mass is 19.4. The number of esters is 3. The predicted octanol–water partition coefficient (Wildman–Crippen LogP) is 9.04. The topological polar surface area (TPSA) is 99.1 Å². The number of hydrogen-bond donors (Lipinski definition) is 1. The minimum atomic E-state index is -6.09. The minimum absolute atomic E-state index is 0.110. The number of hydrogen-bond acceptors (Lipinski definition) is 7. The Balaban J connectivity index is 0. The Kier molecular flexibility index (Phi) is 15.7. The first kappa shape index (κ1) is 48.6. The van der Waals surface area contributed by atoms with Crippen LogP contribution in [0.1, 0.15) is 102 Å². The van der Waals surface area contributed by atoms with Crippen molar-refractivity contribution in [3.8, 4) is 0 Å². The van der Waals surface area contributed by atoms with Crippen molar-refractivity contribution in [1.29, 1.82) is 0 Å². The molecule has 292 valence electrons. The van der Waals surface area contributed by atoms with E-state index in [0.29, 0.717) is 13.8 Å². The van der Waals surface area contributed by atoms with Crippen LogP contribution in [-0.2, 0) is 28.6 Å². The van der Waals surface area contributed by atoms with Gasteiger partial charge in [-0.2, -0.15) is 52.7 Å². The van der Waals surface area contributed by atoms with Gasteiger partial charge in [0.15, 0.2) is 5.60 Å². The third-order valence-electron chi connectivity index (χ3n) is 7.86. The Bertz CT molecular complexity index is 1090. The molecule has 7 nitrogen and oxygen atoms in total. The van der Waals surface area contributed by atoms with Crippen molar-refractivity contribution < 1.29 is 86.4 Å². The third kappa shape index (κ3) is 11.0. The maximum Gasteiger partial charge on any atom is 0.441 e. The van der Waals surface area contributed by atoms with Gasteiger partial charge in [0.1, 0.15) is 6.10 Å². The van der Waals surface area contributed by atoms with Gasteiger partial charge in [-0.05, 0) is 66.7 Å². The number of halogens is 12. The Morgan fingerprint density at radius 3 is 1.20 bits per heavy atom. The molecule has 0 saturated heterocycles. The highest BCUT2D eigenvalue weighted by Gasteiger charge is 2.82.